The van der Waals surface area contributed by atoms with E-state index in [0.717, 1.165) is 5.56 Å². The average Bonchev–Trinajstić information content (AvgIpc) is 2.26. The minimum absolute atomic E-state index is 0.182. The van der Waals surface area contributed by atoms with Crippen LogP contribution in [-0.4, -0.2) is 9.97 Å². The fourth-order valence-corrected chi connectivity index (χ4v) is 2.28. The topological polar surface area (TPSA) is 25.8 Å². The molecule has 0 bridgehead atoms. The van der Waals surface area contributed by atoms with E-state index < -0.39 is 0 Å². The fraction of sp³-hybridized carbons (Fsp3) is 0.286. The zero-order valence-corrected chi connectivity index (χ0v) is 13.1. The standard InChI is InChI=1S/C14H13Cl3N2/c1-14(2,3)13-18-11(7-12(17)19-13)9-5-4-8(15)6-10(9)16/h4-7H,1-3H3. The monoisotopic (exact) mass is 314 g/mol. The van der Waals surface area contributed by atoms with Crippen LogP contribution in [0.4, 0.5) is 0 Å². The van der Waals surface area contributed by atoms with Gasteiger partial charge in [0.25, 0.3) is 0 Å². The van der Waals surface area contributed by atoms with Crippen LogP contribution in [0, 0.1) is 0 Å². The molecule has 2 nitrogen and oxygen atoms in total. The van der Waals surface area contributed by atoms with E-state index >= 15 is 0 Å². The lowest BCUT2D eigenvalue weighted by Gasteiger charge is -2.17. The Labute approximate surface area is 127 Å². The van der Waals surface area contributed by atoms with Gasteiger partial charge in [-0.05, 0) is 18.2 Å². The molecule has 0 saturated heterocycles. The maximum absolute atomic E-state index is 6.20. The highest BCUT2D eigenvalue weighted by Gasteiger charge is 2.19. The minimum Gasteiger partial charge on any atom is -0.232 e. The molecule has 0 amide bonds. The van der Waals surface area contributed by atoms with Crippen LogP contribution < -0.4 is 0 Å². The highest BCUT2D eigenvalue weighted by atomic mass is 35.5. The molecular weight excluding hydrogens is 303 g/mol. The van der Waals surface area contributed by atoms with Gasteiger partial charge in [-0.25, -0.2) is 9.97 Å². The molecule has 2 rings (SSSR count). The van der Waals surface area contributed by atoms with Crippen LogP contribution in [0.1, 0.15) is 26.6 Å². The van der Waals surface area contributed by atoms with Crippen LogP contribution in [0.25, 0.3) is 11.3 Å². The molecule has 0 aliphatic rings. The minimum atomic E-state index is -0.182. The molecule has 0 atom stereocenters. The Morgan fingerprint density at radius 3 is 2.21 bits per heavy atom. The van der Waals surface area contributed by atoms with Gasteiger partial charge in [-0.3, -0.25) is 0 Å². The summed E-state index contributed by atoms with van der Waals surface area (Å²) in [5, 5.41) is 1.54. The molecule has 0 aliphatic heterocycles. The smallest absolute Gasteiger partial charge is 0.136 e. The summed E-state index contributed by atoms with van der Waals surface area (Å²) in [7, 11) is 0. The van der Waals surface area contributed by atoms with Crippen molar-refractivity contribution in [1.82, 2.24) is 9.97 Å². The zero-order valence-electron chi connectivity index (χ0n) is 10.8. The van der Waals surface area contributed by atoms with Crippen molar-refractivity contribution in [2.24, 2.45) is 0 Å². The van der Waals surface area contributed by atoms with Crippen molar-refractivity contribution in [2.75, 3.05) is 0 Å². The molecule has 0 aliphatic carbocycles. The highest BCUT2D eigenvalue weighted by Crippen LogP contribution is 2.31. The summed E-state index contributed by atoms with van der Waals surface area (Å²) in [6.45, 7) is 6.10. The average molecular weight is 316 g/mol. The fourth-order valence-electron chi connectivity index (χ4n) is 1.59. The quantitative estimate of drug-likeness (QED) is 0.658. The number of rotatable bonds is 1. The molecule has 1 aromatic carbocycles. The van der Waals surface area contributed by atoms with E-state index in [1.807, 2.05) is 26.8 Å². The Hall–Kier alpha value is -0.830. The van der Waals surface area contributed by atoms with Crippen molar-refractivity contribution in [2.45, 2.75) is 26.2 Å². The molecular formula is C14H13Cl3N2. The van der Waals surface area contributed by atoms with Gasteiger partial charge in [-0.1, -0.05) is 55.6 Å². The molecule has 19 heavy (non-hydrogen) atoms. The lowest BCUT2D eigenvalue weighted by Crippen LogP contribution is -2.16. The molecule has 0 radical (unpaired) electrons. The van der Waals surface area contributed by atoms with Crippen LogP contribution >= 0.6 is 34.8 Å². The second kappa shape index (κ2) is 5.28. The van der Waals surface area contributed by atoms with E-state index in [-0.39, 0.29) is 5.41 Å². The summed E-state index contributed by atoms with van der Waals surface area (Å²) in [6, 6.07) is 6.99. The number of hydrogen-bond acceptors (Lipinski definition) is 2. The molecule has 0 N–H and O–H groups in total. The van der Waals surface area contributed by atoms with Crippen molar-refractivity contribution in [3.8, 4) is 11.3 Å². The lowest BCUT2D eigenvalue weighted by atomic mass is 9.95. The van der Waals surface area contributed by atoms with E-state index in [9.17, 15) is 0 Å². The van der Waals surface area contributed by atoms with Crippen LogP contribution in [0.3, 0.4) is 0 Å². The predicted molar refractivity (Wildman–Crippen MR) is 81.2 cm³/mol. The molecule has 5 heteroatoms. The summed E-state index contributed by atoms with van der Waals surface area (Å²) in [5.74, 6) is 0.681. The van der Waals surface area contributed by atoms with Crippen molar-refractivity contribution in [3.63, 3.8) is 0 Å². The molecule has 2 aromatic rings. The number of halogens is 3. The molecule has 0 saturated carbocycles. The number of aromatic nitrogens is 2. The summed E-state index contributed by atoms with van der Waals surface area (Å²) in [6.07, 6.45) is 0. The first-order chi connectivity index (χ1) is 8.77. The Bertz CT molecular complexity index is 619. The van der Waals surface area contributed by atoms with Crippen LogP contribution in [0.5, 0.6) is 0 Å². The summed E-state index contributed by atoms with van der Waals surface area (Å²) in [4.78, 5) is 8.81. The van der Waals surface area contributed by atoms with Crippen molar-refractivity contribution in [1.29, 1.82) is 0 Å². The molecule has 0 spiro atoms. The molecule has 1 aromatic heterocycles. The van der Waals surface area contributed by atoms with Gasteiger partial charge in [-0.15, -0.1) is 0 Å². The van der Waals surface area contributed by atoms with Crippen molar-refractivity contribution < 1.29 is 0 Å². The second-order valence-electron chi connectivity index (χ2n) is 5.27. The third kappa shape index (κ3) is 3.38. The third-order valence-electron chi connectivity index (χ3n) is 2.57. The predicted octanol–water partition coefficient (Wildman–Crippen LogP) is 5.40. The normalized spacial score (nSPS) is 11.7. The zero-order chi connectivity index (χ0) is 14.2. The van der Waals surface area contributed by atoms with Gasteiger partial charge >= 0.3 is 0 Å². The SMILES string of the molecule is CC(C)(C)c1nc(Cl)cc(-c2ccc(Cl)cc2Cl)n1. The first kappa shape index (κ1) is 14.6. The van der Waals surface area contributed by atoms with Gasteiger partial charge < -0.3 is 0 Å². The van der Waals surface area contributed by atoms with Gasteiger partial charge in [-0.2, -0.15) is 0 Å². The van der Waals surface area contributed by atoms with E-state index in [2.05, 4.69) is 9.97 Å². The lowest BCUT2D eigenvalue weighted by molar-refractivity contribution is 0.546. The molecule has 1 heterocycles. The van der Waals surface area contributed by atoms with Crippen LogP contribution in [0.2, 0.25) is 15.2 Å². The van der Waals surface area contributed by atoms with Crippen LogP contribution in [-0.2, 0) is 5.41 Å². The highest BCUT2D eigenvalue weighted by molar-refractivity contribution is 6.36. The Balaban J connectivity index is 2.59. The maximum Gasteiger partial charge on any atom is 0.136 e. The van der Waals surface area contributed by atoms with E-state index in [4.69, 9.17) is 34.8 Å². The van der Waals surface area contributed by atoms with E-state index in [1.54, 1.807) is 18.2 Å². The largest absolute Gasteiger partial charge is 0.232 e. The Morgan fingerprint density at radius 2 is 1.63 bits per heavy atom. The van der Waals surface area contributed by atoms with E-state index in [1.165, 1.54) is 0 Å². The summed E-state index contributed by atoms with van der Waals surface area (Å²) >= 11 is 18.2. The van der Waals surface area contributed by atoms with Crippen molar-refractivity contribution in [3.05, 3.63) is 45.3 Å². The van der Waals surface area contributed by atoms with Crippen molar-refractivity contribution >= 4 is 34.8 Å². The first-order valence-electron chi connectivity index (χ1n) is 5.78. The molecule has 0 fully saturated rings. The number of benzene rings is 1. The first-order valence-corrected chi connectivity index (χ1v) is 6.91. The summed E-state index contributed by atoms with van der Waals surface area (Å²) < 4.78 is 0. The van der Waals surface area contributed by atoms with Gasteiger partial charge in [0.2, 0.25) is 0 Å². The maximum atomic E-state index is 6.20. The Kier molecular flexibility index (Phi) is 4.05. The molecule has 0 unspecified atom stereocenters. The van der Waals surface area contributed by atoms with Gasteiger partial charge in [0.1, 0.15) is 11.0 Å². The van der Waals surface area contributed by atoms with Crippen LogP contribution in [0.15, 0.2) is 24.3 Å². The number of nitrogens with zero attached hydrogens (tertiary/aromatic N) is 2. The van der Waals surface area contributed by atoms with Gasteiger partial charge in [0.15, 0.2) is 0 Å². The van der Waals surface area contributed by atoms with Gasteiger partial charge in [0.05, 0.1) is 10.7 Å². The second-order valence-corrected chi connectivity index (χ2v) is 6.50. The number of hydrogen-bond donors (Lipinski definition) is 0. The third-order valence-corrected chi connectivity index (χ3v) is 3.31. The molecule has 100 valence electrons. The van der Waals surface area contributed by atoms with Gasteiger partial charge in [0, 0.05) is 22.1 Å². The summed E-state index contributed by atoms with van der Waals surface area (Å²) in [5.41, 5.74) is 1.31. The van der Waals surface area contributed by atoms with E-state index in [0.29, 0.717) is 26.7 Å². The Morgan fingerprint density at radius 1 is 0.947 bits per heavy atom.